The lowest BCUT2D eigenvalue weighted by atomic mass is 9.35. The summed E-state index contributed by atoms with van der Waals surface area (Å²) in [6.45, 7) is 44.3. The third-order valence-corrected chi connectivity index (χ3v) is 23.3. The van der Waals surface area contributed by atoms with Crippen molar-refractivity contribution < 1.29 is 4.42 Å². The van der Waals surface area contributed by atoms with Crippen LogP contribution in [0.25, 0.3) is 11.0 Å². The number of anilines is 8. The van der Waals surface area contributed by atoms with Gasteiger partial charge in [-0.1, -0.05) is 166 Å². The van der Waals surface area contributed by atoms with Crippen molar-refractivity contribution >= 4 is 79.8 Å². The number of furan rings is 1. The molecule has 0 spiro atoms. The maximum atomic E-state index is 7.88. The van der Waals surface area contributed by atoms with Gasteiger partial charge in [-0.25, -0.2) is 0 Å². The van der Waals surface area contributed by atoms with Gasteiger partial charge in [0, 0.05) is 50.6 Å². The minimum atomic E-state index is -0.165. The van der Waals surface area contributed by atoms with E-state index >= 15 is 0 Å². The van der Waals surface area contributed by atoms with Gasteiger partial charge in [0.15, 0.2) is 0 Å². The van der Waals surface area contributed by atoms with E-state index in [4.69, 9.17) is 4.42 Å². The van der Waals surface area contributed by atoms with Crippen molar-refractivity contribution in [3.05, 3.63) is 147 Å². The zero-order chi connectivity index (χ0) is 56.6. The van der Waals surface area contributed by atoms with Gasteiger partial charge in [-0.15, -0.1) is 0 Å². The fourth-order valence-corrected chi connectivity index (χ4v) is 17.4. The molecule has 1 aromatic heterocycles. The zero-order valence-corrected chi connectivity index (χ0v) is 52.1. The quantitative estimate of drug-likeness (QED) is 0.165. The first-order valence-corrected chi connectivity index (χ1v) is 31.1. The molecule has 2 unspecified atom stereocenters. The highest BCUT2D eigenvalue weighted by Crippen LogP contribution is 2.63. The molecule has 4 nitrogen and oxygen atoms in total. The van der Waals surface area contributed by atoms with Crippen LogP contribution in [0, 0.1) is 6.92 Å². The molecule has 0 N–H and O–H groups in total. The predicted octanol–water partition coefficient (Wildman–Crippen LogP) is 18.9. The number of para-hydroxylation sites is 1. The Hall–Kier alpha value is -5.68. The SMILES string of the molecule is Cc1cc2c(cc1N1c3ccc(C(C)(C)C)cc3B3c4oc5cc6c(cc5c4N(c4ccc5c(c4)C(C)(C)CCC5(C)C)c4cc(N5c7ccccc7C7(C)CCCCC57C)cc1c43)C(C)(C)CCC6(C)C)C(C)(C)CCC2(C)C. The van der Waals surface area contributed by atoms with E-state index in [9.17, 15) is 0 Å². The van der Waals surface area contributed by atoms with Crippen molar-refractivity contribution in [3.8, 4) is 0 Å². The Balaban J connectivity index is 1.16. The van der Waals surface area contributed by atoms with E-state index in [-0.39, 0.29) is 55.6 Å². The standard InChI is InChI=1S/C75H90BN3O/c1-45-37-52-55(72(13,14)35-33-69(52,7)8)43-60(45)78-59-28-25-46(67(2,3)4)38-57(59)76-64-61(40-48(41-62(64)78)79-58-24-20-19-23-51(58)74(17)29-21-22-30-75(74,79)18)77(47-26-27-50-53(39-47)70(9,10)32-31-68(50,5)6)65-49-42-54-56(44-63(49)80-66(65)76)73(15,16)36-34-71(54,11)12/h19-20,23-28,37-44H,21-22,29-36H2,1-18H3. The number of fused-ring (bicyclic) bond motifs is 12. The summed E-state index contributed by atoms with van der Waals surface area (Å²) < 4.78 is 7.88. The summed E-state index contributed by atoms with van der Waals surface area (Å²) >= 11 is 0. The molecule has 1 fully saturated rings. The van der Waals surface area contributed by atoms with E-state index in [1.807, 2.05) is 0 Å². The molecule has 3 aliphatic heterocycles. The summed E-state index contributed by atoms with van der Waals surface area (Å²) in [5.41, 5.74) is 27.9. The summed E-state index contributed by atoms with van der Waals surface area (Å²) in [4.78, 5) is 8.32. The average Bonchev–Trinajstić information content (AvgIpc) is 3.91. The number of benzene rings is 6. The van der Waals surface area contributed by atoms with Gasteiger partial charge in [0.05, 0.1) is 16.9 Å². The fraction of sp³-hybridized carbons (Fsp3) is 0.493. The normalized spacial score (nSPS) is 24.7. The van der Waals surface area contributed by atoms with Gasteiger partial charge in [-0.2, -0.15) is 0 Å². The van der Waals surface area contributed by atoms with Gasteiger partial charge in [0.2, 0.25) is 0 Å². The van der Waals surface area contributed by atoms with Gasteiger partial charge < -0.3 is 19.1 Å². The lowest BCUT2D eigenvalue weighted by molar-refractivity contribution is 0.195. The lowest BCUT2D eigenvalue weighted by Crippen LogP contribution is -2.61. The molecular weight excluding hydrogens is 970 g/mol. The van der Waals surface area contributed by atoms with Crippen LogP contribution in [0.1, 0.15) is 232 Å². The van der Waals surface area contributed by atoms with Crippen LogP contribution in [-0.4, -0.2) is 12.3 Å². The van der Waals surface area contributed by atoms with Gasteiger partial charge in [-0.3, -0.25) is 0 Å². The largest absolute Gasteiger partial charge is 0.468 e. The highest BCUT2D eigenvalue weighted by atomic mass is 16.3. The highest BCUT2D eigenvalue weighted by molar-refractivity contribution is 7.00. The molecular formula is C75H90BN3O. The van der Waals surface area contributed by atoms with Crippen LogP contribution in [0.4, 0.5) is 45.5 Å². The molecule has 4 aliphatic carbocycles. The van der Waals surface area contributed by atoms with Crippen LogP contribution in [0.2, 0.25) is 0 Å². The molecule has 14 rings (SSSR count). The molecule has 4 heterocycles. The summed E-state index contributed by atoms with van der Waals surface area (Å²) in [6.07, 6.45) is 11.8. The first-order valence-electron chi connectivity index (χ1n) is 31.1. The molecule has 6 aromatic carbocycles. The minimum Gasteiger partial charge on any atom is -0.468 e. The first-order chi connectivity index (χ1) is 37.4. The molecule has 0 saturated heterocycles. The van der Waals surface area contributed by atoms with Crippen LogP contribution in [0.15, 0.2) is 101 Å². The van der Waals surface area contributed by atoms with Gasteiger partial charge in [-0.05, 0) is 219 Å². The lowest BCUT2D eigenvalue weighted by Gasteiger charge is -2.51. The third kappa shape index (κ3) is 7.06. The monoisotopic (exact) mass is 1060 g/mol. The molecule has 7 aromatic rings. The van der Waals surface area contributed by atoms with E-state index in [1.54, 1.807) is 0 Å². The highest BCUT2D eigenvalue weighted by Gasteiger charge is 2.59. The molecule has 7 aliphatic rings. The molecule has 0 bridgehead atoms. The Labute approximate surface area is 481 Å². The second-order valence-corrected chi connectivity index (χ2v) is 32.1. The van der Waals surface area contributed by atoms with E-state index in [0.717, 1.165) is 43.3 Å². The molecule has 2 atom stereocenters. The topological polar surface area (TPSA) is 22.9 Å². The second kappa shape index (κ2) is 16.3. The molecule has 5 heteroatoms. The van der Waals surface area contributed by atoms with Gasteiger partial charge >= 0.3 is 0 Å². The second-order valence-electron chi connectivity index (χ2n) is 32.1. The molecule has 0 radical (unpaired) electrons. The summed E-state index contributed by atoms with van der Waals surface area (Å²) in [5.74, 6) is 0. The Bertz CT molecular complexity index is 3810. The van der Waals surface area contributed by atoms with Crippen molar-refractivity contribution in [2.75, 3.05) is 14.7 Å². The van der Waals surface area contributed by atoms with E-state index in [1.165, 1.54) is 144 Å². The minimum absolute atomic E-state index is 0.00913. The first kappa shape index (κ1) is 52.4. The Morgan fingerprint density at radius 3 is 1.64 bits per heavy atom. The number of hydrogen-bond donors (Lipinski definition) is 0. The average molecular weight is 1060 g/mol. The van der Waals surface area contributed by atoms with E-state index < -0.39 is 0 Å². The Morgan fingerprint density at radius 2 is 1.00 bits per heavy atom. The maximum Gasteiger partial charge on any atom is 0.297 e. The number of hydrogen-bond acceptors (Lipinski definition) is 4. The smallest absolute Gasteiger partial charge is 0.297 e. The van der Waals surface area contributed by atoms with Crippen LogP contribution < -0.4 is 31.3 Å². The van der Waals surface area contributed by atoms with Crippen molar-refractivity contribution in [3.63, 3.8) is 0 Å². The Morgan fingerprint density at radius 1 is 0.450 bits per heavy atom. The van der Waals surface area contributed by atoms with E-state index in [0.29, 0.717) is 0 Å². The van der Waals surface area contributed by atoms with Crippen LogP contribution in [-0.2, 0) is 43.3 Å². The van der Waals surface area contributed by atoms with Crippen molar-refractivity contribution in [2.24, 2.45) is 0 Å². The number of nitrogens with zero attached hydrogens (tertiary/aromatic N) is 3. The van der Waals surface area contributed by atoms with Crippen molar-refractivity contribution in [1.29, 1.82) is 0 Å². The van der Waals surface area contributed by atoms with E-state index in [2.05, 4.69) is 236 Å². The molecule has 414 valence electrons. The third-order valence-electron chi connectivity index (χ3n) is 23.3. The summed E-state index contributed by atoms with van der Waals surface area (Å²) in [7, 11) is 0. The molecule has 1 saturated carbocycles. The number of aryl methyl sites for hydroxylation is 1. The molecule has 0 amide bonds. The van der Waals surface area contributed by atoms with Gasteiger partial charge in [0.1, 0.15) is 5.58 Å². The zero-order valence-electron chi connectivity index (χ0n) is 52.1. The van der Waals surface area contributed by atoms with Crippen LogP contribution in [0.5, 0.6) is 0 Å². The molecule has 80 heavy (non-hydrogen) atoms. The fourth-order valence-electron chi connectivity index (χ4n) is 17.4. The maximum absolute atomic E-state index is 7.88. The summed E-state index contributed by atoms with van der Waals surface area (Å²) in [6, 6.07) is 40.3. The van der Waals surface area contributed by atoms with Crippen molar-refractivity contribution in [2.45, 2.75) is 238 Å². The predicted molar refractivity (Wildman–Crippen MR) is 342 cm³/mol. The van der Waals surface area contributed by atoms with Crippen LogP contribution >= 0.6 is 0 Å². The summed E-state index contributed by atoms with van der Waals surface area (Å²) in [5, 5.41) is 1.23. The van der Waals surface area contributed by atoms with Crippen molar-refractivity contribution in [1.82, 2.24) is 0 Å². The Kier molecular flexibility index (Phi) is 10.7. The number of rotatable bonds is 3. The van der Waals surface area contributed by atoms with Gasteiger partial charge in [0.25, 0.3) is 6.71 Å². The van der Waals surface area contributed by atoms with Crippen LogP contribution in [0.3, 0.4) is 0 Å².